The second-order valence-electron chi connectivity index (χ2n) is 10.7. The molecule has 0 saturated heterocycles. The van der Waals surface area contributed by atoms with Crippen LogP contribution in [0, 0.1) is 6.92 Å². The largest absolute Gasteiger partial charge is 0.497 e. The van der Waals surface area contributed by atoms with Crippen molar-refractivity contribution in [2.24, 2.45) is 0 Å². The fourth-order valence-corrected chi connectivity index (χ4v) is 6.91. The van der Waals surface area contributed by atoms with Crippen LogP contribution in [0.15, 0.2) is 82.2 Å². The minimum Gasteiger partial charge on any atom is -0.497 e. The van der Waals surface area contributed by atoms with Crippen LogP contribution >= 0.6 is 15.9 Å². The molecule has 42 heavy (non-hydrogen) atoms. The first kappa shape index (κ1) is 31.6. The molecule has 1 aliphatic rings. The minimum absolute atomic E-state index is 0.0718. The topological polar surface area (TPSA) is 96.0 Å². The highest BCUT2D eigenvalue weighted by molar-refractivity contribution is 9.10. The number of carbonyl (C=O) groups is 2. The Bertz CT molecular complexity index is 1490. The fourth-order valence-electron chi connectivity index (χ4n) is 5.12. The van der Waals surface area contributed by atoms with Gasteiger partial charge in [-0.2, -0.15) is 0 Å². The average Bonchev–Trinajstić information content (AvgIpc) is 2.99. The summed E-state index contributed by atoms with van der Waals surface area (Å²) in [7, 11) is -2.56. The van der Waals surface area contributed by atoms with Gasteiger partial charge in [0.25, 0.3) is 10.0 Å². The van der Waals surface area contributed by atoms with E-state index in [2.05, 4.69) is 21.2 Å². The lowest BCUT2D eigenvalue weighted by atomic mass is 9.95. The number of hydrogen-bond donors (Lipinski definition) is 1. The number of anilines is 1. The van der Waals surface area contributed by atoms with Crippen LogP contribution < -0.4 is 14.4 Å². The molecule has 1 aliphatic carbocycles. The van der Waals surface area contributed by atoms with Crippen LogP contribution in [-0.4, -0.2) is 50.9 Å². The van der Waals surface area contributed by atoms with Gasteiger partial charge in [-0.3, -0.25) is 13.9 Å². The summed E-state index contributed by atoms with van der Waals surface area (Å²) in [6.07, 6.45) is 5.10. The van der Waals surface area contributed by atoms with Crippen molar-refractivity contribution in [2.45, 2.75) is 69.5 Å². The van der Waals surface area contributed by atoms with Gasteiger partial charge in [0.05, 0.1) is 17.7 Å². The number of carbonyl (C=O) groups excluding carboxylic acids is 2. The first-order valence-corrected chi connectivity index (χ1v) is 16.4. The first-order chi connectivity index (χ1) is 20.1. The Morgan fingerprint density at radius 3 is 2.36 bits per heavy atom. The predicted molar refractivity (Wildman–Crippen MR) is 168 cm³/mol. The van der Waals surface area contributed by atoms with E-state index < -0.39 is 28.5 Å². The zero-order valence-corrected chi connectivity index (χ0v) is 26.7. The van der Waals surface area contributed by atoms with E-state index in [1.807, 2.05) is 19.1 Å². The number of methoxy groups -OCH3 is 1. The molecule has 1 saturated carbocycles. The molecule has 0 aromatic heterocycles. The number of nitrogens with zero attached hydrogens (tertiary/aromatic N) is 2. The second-order valence-corrected chi connectivity index (χ2v) is 13.5. The number of hydrogen-bond acceptors (Lipinski definition) is 5. The molecule has 10 heteroatoms. The molecule has 0 bridgehead atoms. The summed E-state index contributed by atoms with van der Waals surface area (Å²) in [4.78, 5) is 29.1. The van der Waals surface area contributed by atoms with Crippen molar-refractivity contribution in [3.63, 3.8) is 0 Å². The lowest BCUT2D eigenvalue weighted by Gasteiger charge is -2.33. The molecule has 0 radical (unpaired) electrons. The molecule has 4 rings (SSSR count). The van der Waals surface area contributed by atoms with Crippen LogP contribution in [0.3, 0.4) is 0 Å². The third kappa shape index (κ3) is 7.92. The molecule has 224 valence electrons. The number of aryl methyl sites for hydroxylation is 1. The summed E-state index contributed by atoms with van der Waals surface area (Å²) >= 11 is 3.42. The number of sulfonamides is 1. The van der Waals surface area contributed by atoms with Gasteiger partial charge in [-0.25, -0.2) is 8.42 Å². The van der Waals surface area contributed by atoms with Crippen LogP contribution in [0.25, 0.3) is 0 Å². The molecule has 1 atom stereocenters. The van der Waals surface area contributed by atoms with Crippen molar-refractivity contribution in [3.8, 4) is 5.75 Å². The van der Waals surface area contributed by atoms with E-state index in [1.165, 1.54) is 17.0 Å². The van der Waals surface area contributed by atoms with Gasteiger partial charge in [0.1, 0.15) is 18.3 Å². The molecule has 3 aromatic carbocycles. The third-order valence-electron chi connectivity index (χ3n) is 7.59. The SMILES string of the molecule is COc1cccc(CN(C(=O)CN(c2cccc(Br)c2)S(=O)(=O)c2ccc(C)cc2)[C@H](C)C(=O)NC2CCCCC2)c1. The Balaban J connectivity index is 1.68. The molecule has 0 spiro atoms. The van der Waals surface area contributed by atoms with Crippen molar-refractivity contribution in [1.82, 2.24) is 10.2 Å². The monoisotopic (exact) mass is 655 g/mol. The number of benzene rings is 3. The molecule has 0 heterocycles. The van der Waals surface area contributed by atoms with E-state index >= 15 is 0 Å². The summed E-state index contributed by atoms with van der Waals surface area (Å²) in [5.74, 6) is -0.134. The summed E-state index contributed by atoms with van der Waals surface area (Å²) in [5, 5.41) is 3.12. The van der Waals surface area contributed by atoms with E-state index in [-0.39, 0.29) is 23.4 Å². The lowest BCUT2D eigenvalue weighted by Crippen LogP contribution is -2.53. The smallest absolute Gasteiger partial charge is 0.264 e. The van der Waals surface area contributed by atoms with Crippen LogP contribution in [0.1, 0.15) is 50.2 Å². The summed E-state index contributed by atoms with van der Waals surface area (Å²) < 4.78 is 35.1. The van der Waals surface area contributed by atoms with Gasteiger partial charge in [-0.05, 0) is 74.7 Å². The molecule has 8 nitrogen and oxygen atoms in total. The molecular weight excluding hydrogens is 618 g/mol. The van der Waals surface area contributed by atoms with Crippen LogP contribution in [-0.2, 0) is 26.2 Å². The summed E-state index contributed by atoms with van der Waals surface area (Å²) in [5.41, 5.74) is 2.01. The zero-order chi connectivity index (χ0) is 30.3. The van der Waals surface area contributed by atoms with Gasteiger partial charge in [-0.1, -0.05) is 71.1 Å². The van der Waals surface area contributed by atoms with E-state index in [9.17, 15) is 18.0 Å². The molecule has 2 amide bonds. The molecule has 0 aliphatic heterocycles. The summed E-state index contributed by atoms with van der Waals surface area (Å²) in [6, 6.07) is 19.8. The normalized spacial score (nSPS) is 14.6. The highest BCUT2D eigenvalue weighted by Crippen LogP contribution is 2.27. The Kier molecular flexibility index (Phi) is 10.7. The highest BCUT2D eigenvalue weighted by atomic mass is 79.9. The quantitative estimate of drug-likeness (QED) is 0.281. The van der Waals surface area contributed by atoms with Gasteiger partial charge in [0.15, 0.2) is 0 Å². The Hall–Kier alpha value is -3.37. The maximum atomic E-state index is 14.1. The van der Waals surface area contributed by atoms with E-state index in [0.717, 1.165) is 47.5 Å². The molecule has 1 fully saturated rings. The Morgan fingerprint density at radius 1 is 1.00 bits per heavy atom. The van der Waals surface area contributed by atoms with E-state index in [1.54, 1.807) is 62.6 Å². The number of halogens is 1. The van der Waals surface area contributed by atoms with Crippen molar-refractivity contribution in [1.29, 1.82) is 0 Å². The van der Waals surface area contributed by atoms with Crippen LogP contribution in [0.2, 0.25) is 0 Å². The Morgan fingerprint density at radius 2 is 1.69 bits per heavy atom. The zero-order valence-electron chi connectivity index (χ0n) is 24.3. The van der Waals surface area contributed by atoms with E-state index in [4.69, 9.17) is 4.74 Å². The third-order valence-corrected chi connectivity index (χ3v) is 9.87. The highest BCUT2D eigenvalue weighted by Gasteiger charge is 2.33. The standard InChI is InChI=1S/C32H38BrN3O5S/c1-23-15-17-30(18-16-23)42(39,40)36(28-13-8-10-26(33)20-28)22-31(37)35(21-25-9-7-14-29(19-25)41-3)24(2)32(38)34-27-11-5-4-6-12-27/h7-10,13-20,24,27H,4-6,11-12,21-22H2,1-3H3,(H,34,38)/t24-/m1/s1. The van der Waals surface area contributed by atoms with Crippen molar-refractivity contribution in [2.75, 3.05) is 18.0 Å². The Labute approximate surface area is 257 Å². The van der Waals surface area contributed by atoms with Gasteiger partial charge < -0.3 is 15.0 Å². The van der Waals surface area contributed by atoms with E-state index in [0.29, 0.717) is 15.9 Å². The van der Waals surface area contributed by atoms with Crippen molar-refractivity contribution >= 4 is 43.5 Å². The number of nitrogens with one attached hydrogen (secondary N) is 1. The maximum Gasteiger partial charge on any atom is 0.264 e. The lowest BCUT2D eigenvalue weighted by molar-refractivity contribution is -0.139. The van der Waals surface area contributed by atoms with Gasteiger partial charge in [0.2, 0.25) is 11.8 Å². The van der Waals surface area contributed by atoms with Gasteiger partial charge >= 0.3 is 0 Å². The van der Waals surface area contributed by atoms with Gasteiger partial charge in [0, 0.05) is 17.1 Å². The van der Waals surface area contributed by atoms with Crippen LogP contribution in [0.4, 0.5) is 5.69 Å². The molecular formula is C32H38BrN3O5S. The number of amides is 2. The molecule has 1 N–H and O–H groups in total. The fraction of sp³-hybridized carbons (Fsp3) is 0.375. The molecule has 3 aromatic rings. The van der Waals surface area contributed by atoms with Crippen molar-refractivity contribution in [3.05, 3.63) is 88.4 Å². The van der Waals surface area contributed by atoms with Gasteiger partial charge in [-0.15, -0.1) is 0 Å². The predicted octanol–water partition coefficient (Wildman–Crippen LogP) is 5.83. The average molecular weight is 657 g/mol. The maximum absolute atomic E-state index is 14.1. The van der Waals surface area contributed by atoms with Crippen LogP contribution in [0.5, 0.6) is 5.75 Å². The first-order valence-electron chi connectivity index (χ1n) is 14.2. The summed E-state index contributed by atoms with van der Waals surface area (Å²) in [6.45, 7) is 3.18. The number of rotatable bonds is 11. The second kappa shape index (κ2) is 14.2. The van der Waals surface area contributed by atoms with Crippen molar-refractivity contribution < 1.29 is 22.7 Å². The molecule has 0 unspecified atom stereocenters. The minimum atomic E-state index is -4.12. The number of ether oxygens (including phenoxy) is 1.